The van der Waals surface area contributed by atoms with Crippen molar-refractivity contribution in [1.82, 2.24) is 14.8 Å². The molecule has 1 aromatic rings. The molecule has 0 N–H and O–H groups in total. The van der Waals surface area contributed by atoms with Crippen LogP contribution in [0.4, 0.5) is 0 Å². The van der Waals surface area contributed by atoms with E-state index < -0.39 is 5.54 Å². The Hall–Kier alpha value is -1.93. The molecule has 0 spiro atoms. The zero-order valence-corrected chi connectivity index (χ0v) is 12.3. The van der Waals surface area contributed by atoms with Crippen molar-refractivity contribution in [3.8, 4) is 6.07 Å². The lowest BCUT2D eigenvalue weighted by molar-refractivity contribution is 0.0520. The second-order valence-electron chi connectivity index (χ2n) is 5.59. The fourth-order valence-electron chi connectivity index (χ4n) is 2.42. The number of rotatable bonds is 2. The van der Waals surface area contributed by atoms with E-state index in [-0.39, 0.29) is 5.91 Å². The summed E-state index contributed by atoms with van der Waals surface area (Å²) >= 11 is 0. The van der Waals surface area contributed by atoms with Gasteiger partial charge in [-0.05, 0) is 32.9 Å². The van der Waals surface area contributed by atoms with Gasteiger partial charge in [-0.1, -0.05) is 0 Å². The quantitative estimate of drug-likeness (QED) is 0.817. The molecule has 1 fully saturated rings. The Balaban J connectivity index is 2.03. The monoisotopic (exact) mass is 272 g/mol. The van der Waals surface area contributed by atoms with Crippen LogP contribution in [0.2, 0.25) is 0 Å². The highest BCUT2D eigenvalue weighted by atomic mass is 16.2. The number of nitriles is 1. The van der Waals surface area contributed by atoms with Crippen LogP contribution < -0.4 is 0 Å². The molecule has 2 rings (SSSR count). The standard InChI is InChI=1S/C15H20N4O/c1-12-13(5-4-6-17-12)14(20)18-7-9-19(10-8-18)15(2,3)11-16/h4-6H,7-10H2,1-3H3. The van der Waals surface area contributed by atoms with Crippen LogP contribution in [-0.4, -0.2) is 52.4 Å². The third-order valence-electron chi connectivity index (χ3n) is 3.87. The van der Waals surface area contributed by atoms with Gasteiger partial charge in [0.05, 0.1) is 11.6 Å². The van der Waals surface area contributed by atoms with Crippen LogP contribution in [0.1, 0.15) is 29.9 Å². The zero-order chi connectivity index (χ0) is 14.8. The number of hydrogen-bond acceptors (Lipinski definition) is 4. The van der Waals surface area contributed by atoms with Crippen LogP contribution in [0, 0.1) is 18.3 Å². The molecule has 0 radical (unpaired) electrons. The minimum absolute atomic E-state index is 0.0324. The number of carbonyl (C=O) groups excluding carboxylic acids is 1. The van der Waals surface area contributed by atoms with E-state index >= 15 is 0 Å². The predicted octanol–water partition coefficient (Wildman–Crippen LogP) is 1.45. The third kappa shape index (κ3) is 2.81. The number of aromatic nitrogens is 1. The Kier molecular flexibility index (Phi) is 4.05. The second-order valence-corrected chi connectivity index (χ2v) is 5.59. The van der Waals surface area contributed by atoms with E-state index in [4.69, 9.17) is 5.26 Å². The Morgan fingerprint density at radius 3 is 2.55 bits per heavy atom. The van der Waals surface area contributed by atoms with Crippen molar-refractivity contribution in [2.24, 2.45) is 0 Å². The van der Waals surface area contributed by atoms with Gasteiger partial charge in [-0.3, -0.25) is 14.7 Å². The van der Waals surface area contributed by atoms with Crippen LogP contribution in [0.5, 0.6) is 0 Å². The Morgan fingerprint density at radius 2 is 2.00 bits per heavy atom. The first-order chi connectivity index (χ1) is 9.45. The van der Waals surface area contributed by atoms with Crippen molar-refractivity contribution in [1.29, 1.82) is 5.26 Å². The van der Waals surface area contributed by atoms with Crippen LogP contribution in [0.3, 0.4) is 0 Å². The van der Waals surface area contributed by atoms with Crippen molar-refractivity contribution >= 4 is 5.91 Å². The molecular formula is C15H20N4O. The molecule has 0 atom stereocenters. The van der Waals surface area contributed by atoms with Gasteiger partial charge in [-0.25, -0.2) is 0 Å². The molecule has 0 aromatic carbocycles. The van der Waals surface area contributed by atoms with Gasteiger partial charge in [0.2, 0.25) is 0 Å². The normalized spacial score (nSPS) is 16.8. The minimum Gasteiger partial charge on any atom is -0.336 e. The number of amides is 1. The van der Waals surface area contributed by atoms with E-state index in [0.29, 0.717) is 18.7 Å². The Morgan fingerprint density at radius 1 is 1.35 bits per heavy atom. The molecular weight excluding hydrogens is 252 g/mol. The highest BCUT2D eigenvalue weighted by molar-refractivity contribution is 5.95. The lowest BCUT2D eigenvalue weighted by Crippen LogP contribution is -2.55. The van der Waals surface area contributed by atoms with Crippen LogP contribution in [-0.2, 0) is 0 Å². The van der Waals surface area contributed by atoms with Gasteiger partial charge in [0.15, 0.2) is 0 Å². The number of aryl methyl sites for hydroxylation is 1. The van der Waals surface area contributed by atoms with E-state index in [0.717, 1.165) is 18.8 Å². The average Bonchev–Trinajstić information content (AvgIpc) is 2.47. The second kappa shape index (κ2) is 5.59. The summed E-state index contributed by atoms with van der Waals surface area (Å²) in [6.07, 6.45) is 1.69. The lowest BCUT2D eigenvalue weighted by atomic mass is 10.0. The number of carbonyl (C=O) groups is 1. The first-order valence-electron chi connectivity index (χ1n) is 6.83. The summed E-state index contributed by atoms with van der Waals surface area (Å²) in [5.74, 6) is 0.0324. The molecule has 0 unspecified atom stereocenters. The SMILES string of the molecule is Cc1ncccc1C(=O)N1CCN(C(C)(C)C#N)CC1. The third-order valence-corrected chi connectivity index (χ3v) is 3.87. The minimum atomic E-state index is -0.473. The Bertz CT molecular complexity index is 539. The molecule has 1 aliphatic heterocycles. The molecule has 1 saturated heterocycles. The lowest BCUT2D eigenvalue weighted by Gasteiger charge is -2.40. The summed E-state index contributed by atoms with van der Waals surface area (Å²) in [5, 5.41) is 9.16. The van der Waals surface area contributed by atoms with Crippen molar-refractivity contribution in [3.05, 3.63) is 29.6 Å². The first kappa shape index (κ1) is 14.5. The van der Waals surface area contributed by atoms with Gasteiger partial charge in [0.1, 0.15) is 5.54 Å². The summed E-state index contributed by atoms with van der Waals surface area (Å²) in [5.41, 5.74) is 0.956. The molecule has 1 amide bonds. The molecule has 1 aliphatic rings. The van der Waals surface area contributed by atoms with Crippen LogP contribution in [0.15, 0.2) is 18.3 Å². The van der Waals surface area contributed by atoms with E-state index in [9.17, 15) is 4.79 Å². The van der Waals surface area contributed by atoms with Gasteiger partial charge in [0, 0.05) is 38.1 Å². The maximum atomic E-state index is 12.4. The van der Waals surface area contributed by atoms with Gasteiger partial charge in [0.25, 0.3) is 5.91 Å². The largest absolute Gasteiger partial charge is 0.336 e. The molecule has 106 valence electrons. The van der Waals surface area contributed by atoms with E-state index in [2.05, 4.69) is 16.0 Å². The molecule has 1 aromatic heterocycles. The van der Waals surface area contributed by atoms with E-state index in [1.165, 1.54) is 0 Å². The van der Waals surface area contributed by atoms with Crippen molar-refractivity contribution < 1.29 is 4.79 Å². The summed E-state index contributed by atoms with van der Waals surface area (Å²) in [4.78, 5) is 20.6. The van der Waals surface area contributed by atoms with Gasteiger partial charge >= 0.3 is 0 Å². The summed E-state index contributed by atoms with van der Waals surface area (Å²) < 4.78 is 0. The number of hydrogen-bond donors (Lipinski definition) is 0. The van der Waals surface area contributed by atoms with Crippen LogP contribution in [0.25, 0.3) is 0 Å². The predicted molar refractivity (Wildman–Crippen MR) is 76.1 cm³/mol. The van der Waals surface area contributed by atoms with Gasteiger partial charge < -0.3 is 4.90 Å². The van der Waals surface area contributed by atoms with Crippen molar-refractivity contribution in [2.45, 2.75) is 26.3 Å². The highest BCUT2D eigenvalue weighted by Crippen LogP contribution is 2.17. The molecule has 2 heterocycles. The average molecular weight is 272 g/mol. The maximum absolute atomic E-state index is 12.4. The van der Waals surface area contributed by atoms with E-state index in [1.807, 2.05) is 31.7 Å². The highest BCUT2D eigenvalue weighted by Gasteiger charge is 2.31. The first-order valence-corrected chi connectivity index (χ1v) is 6.83. The maximum Gasteiger partial charge on any atom is 0.255 e. The zero-order valence-electron chi connectivity index (χ0n) is 12.3. The topological polar surface area (TPSA) is 60.2 Å². The molecule has 20 heavy (non-hydrogen) atoms. The summed E-state index contributed by atoms with van der Waals surface area (Å²) in [6.45, 7) is 8.43. The summed E-state index contributed by atoms with van der Waals surface area (Å²) in [7, 11) is 0. The number of pyridine rings is 1. The molecule has 0 saturated carbocycles. The van der Waals surface area contributed by atoms with Crippen molar-refractivity contribution in [3.63, 3.8) is 0 Å². The number of nitrogens with zero attached hydrogens (tertiary/aromatic N) is 4. The Labute approximate surface area is 119 Å². The number of piperazine rings is 1. The molecule has 5 heteroatoms. The van der Waals surface area contributed by atoms with Gasteiger partial charge in [-0.15, -0.1) is 0 Å². The smallest absolute Gasteiger partial charge is 0.255 e. The molecule has 5 nitrogen and oxygen atoms in total. The van der Waals surface area contributed by atoms with Crippen LogP contribution >= 0.6 is 0 Å². The molecule has 0 aliphatic carbocycles. The fourth-order valence-corrected chi connectivity index (χ4v) is 2.42. The molecule has 0 bridgehead atoms. The van der Waals surface area contributed by atoms with Gasteiger partial charge in [-0.2, -0.15) is 5.26 Å². The van der Waals surface area contributed by atoms with E-state index in [1.54, 1.807) is 12.3 Å². The van der Waals surface area contributed by atoms with Crippen molar-refractivity contribution in [2.75, 3.05) is 26.2 Å². The summed E-state index contributed by atoms with van der Waals surface area (Å²) in [6, 6.07) is 5.91. The fraction of sp³-hybridized carbons (Fsp3) is 0.533.